The molecule has 5 saturated heterocycles. The number of aromatic amines is 2. The predicted molar refractivity (Wildman–Crippen MR) is 205 cm³/mol. The van der Waals surface area contributed by atoms with Crippen LogP contribution in [-0.4, -0.2) is 68.3 Å². The summed E-state index contributed by atoms with van der Waals surface area (Å²) in [5, 5.41) is 0.166. The number of thioether (sulfide) groups is 2. The Morgan fingerprint density at radius 3 is 2.20 bits per heavy atom. The van der Waals surface area contributed by atoms with Gasteiger partial charge in [-0.05, 0) is 73.6 Å². The van der Waals surface area contributed by atoms with Crippen LogP contribution >= 0.6 is 36.2 Å². The van der Waals surface area contributed by atoms with E-state index in [9.17, 15) is 9.59 Å². The Kier molecular flexibility index (Phi) is 7.65. The molecule has 7 heterocycles. The van der Waals surface area contributed by atoms with Crippen molar-refractivity contribution in [1.29, 1.82) is 0 Å². The number of hydrogen-bond acceptors (Lipinski definition) is 7. The van der Waals surface area contributed by atoms with Gasteiger partial charge in [-0.15, -0.1) is 23.5 Å². The Hall–Kier alpha value is -3.15. The fourth-order valence-electron chi connectivity index (χ4n) is 8.44. The summed E-state index contributed by atoms with van der Waals surface area (Å²) in [5.74, 6) is 2.89. The number of amides is 2. The first-order chi connectivity index (χ1) is 24.0. The summed E-state index contributed by atoms with van der Waals surface area (Å²) in [6.07, 6.45) is 9.52. The molecule has 50 heavy (non-hydrogen) atoms. The van der Waals surface area contributed by atoms with E-state index in [-0.39, 0.29) is 48.8 Å². The molecule has 0 aliphatic carbocycles. The Bertz CT molecular complexity index is 1980. The first-order valence-electron chi connectivity index (χ1n) is 18.0. The van der Waals surface area contributed by atoms with E-state index in [4.69, 9.17) is 22.6 Å². The van der Waals surface area contributed by atoms with E-state index in [1.54, 1.807) is 0 Å². The van der Waals surface area contributed by atoms with Gasteiger partial charge in [-0.3, -0.25) is 9.59 Å². The van der Waals surface area contributed by atoms with Gasteiger partial charge < -0.3 is 19.8 Å². The molecule has 7 atom stereocenters. The lowest BCUT2D eigenvalue weighted by Gasteiger charge is -2.49. The SMILES string of the molecule is CC1CCC2(S)CCC3(c4ncc(-c5ccc(-c6ccc(-c7cnc(C8CCCN8C(=O)C8SC8(C)C(C)C)[nH]7)cc6)cc5)[nH]4)SC3N2C1=O. The highest BCUT2D eigenvalue weighted by molar-refractivity contribution is 8.09. The molecule has 0 spiro atoms. The van der Waals surface area contributed by atoms with E-state index in [2.05, 4.69) is 89.1 Å². The molecule has 260 valence electrons. The maximum absolute atomic E-state index is 13.5. The number of benzene rings is 2. The van der Waals surface area contributed by atoms with Gasteiger partial charge in [0, 0.05) is 17.2 Å². The van der Waals surface area contributed by atoms with Crippen LogP contribution in [-0.2, 0) is 14.3 Å². The van der Waals surface area contributed by atoms with E-state index in [0.29, 0.717) is 5.92 Å². The number of fused-ring (bicyclic) bond motifs is 3. The number of thiol groups is 1. The van der Waals surface area contributed by atoms with Crippen LogP contribution in [0.25, 0.3) is 33.6 Å². The number of carbonyl (C=O) groups is 2. The molecule has 5 aliphatic heterocycles. The fourth-order valence-corrected chi connectivity index (χ4v) is 11.8. The van der Waals surface area contributed by atoms with Gasteiger partial charge in [0.25, 0.3) is 0 Å². The normalized spacial score (nSPS) is 33.0. The minimum absolute atomic E-state index is 0.0135. The average Bonchev–Trinajstić information content (AvgIpc) is 3.66. The van der Waals surface area contributed by atoms with E-state index in [1.807, 2.05) is 42.8 Å². The van der Waals surface area contributed by atoms with Gasteiger partial charge in [-0.2, -0.15) is 12.6 Å². The molecule has 2 amide bonds. The van der Waals surface area contributed by atoms with Crippen LogP contribution in [0.5, 0.6) is 0 Å². The first-order valence-corrected chi connectivity index (χ1v) is 20.2. The lowest BCUT2D eigenvalue weighted by Crippen LogP contribution is -2.58. The molecule has 2 aromatic carbocycles. The van der Waals surface area contributed by atoms with Gasteiger partial charge in [0.05, 0.1) is 39.9 Å². The molecule has 7 unspecified atom stereocenters. The Morgan fingerprint density at radius 1 is 0.900 bits per heavy atom. The number of aromatic nitrogens is 4. The Labute approximate surface area is 307 Å². The summed E-state index contributed by atoms with van der Waals surface area (Å²) in [4.78, 5) is 47.2. The maximum Gasteiger partial charge on any atom is 0.237 e. The van der Waals surface area contributed by atoms with Crippen molar-refractivity contribution in [2.24, 2.45) is 11.8 Å². The van der Waals surface area contributed by atoms with Gasteiger partial charge in [0.1, 0.15) is 21.8 Å². The van der Waals surface area contributed by atoms with Crippen molar-refractivity contribution < 1.29 is 9.59 Å². The molecule has 0 bridgehead atoms. The zero-order valence-corrected chi connectivity index (χ0v) is 31.5. The van der Waals surface area contributed by atoms with Gasteiger partial charge in [0.2, 0.25) is 11.8 Å². The standard InChI is InChI=1S/C39H44N6O2S3/c1-22(2)37(4)31(49-37)34(47)44-19-5-6-30(44)32-40-20-28(42-32)26-11-7-24(8-12-26)25-9-13-27(14-10-25)29-21-41-35(43-29)39-18-17-38(48)16-15-23(3)33(46)45(38)36(39)50-39/h7-14,20-23,30-31,36,48H,5-6,15-19H2,1-4H3,(H,40,42)(H,41,43). The minimum atomic E-state index is -0.323. The number of imidazole rings is 2. The molecule has 5 fully saturated rings. The molecule has 2 aromatic heterocycles. The van der Waals surface area contributed by atoms with Crippen molar-refractivity contribution in [3.8, 4) is 33.6 Å². The lowest BCUT2D eigenvalue weighted by molar-refractivity contribution is -0.145. The molecule has 11 heteroatoms. The average molecular weight is 725 g/mol. The third kappa shape index (κ3) is 5.11. The van der Waals surface area contributed by atoms with E-state index in [1.165, 1.54) is 0 Å². The second-order valence-corrected chi connectivity index (χ2v) is 19.3. The van der Waals surface area contributed by atoms with E-state index < -0.39 is 0 Å². The highest BCUT2D eigenvalue weighted by Crippen LogP contribution is 2.70. The molecule has 4 aromatic rings. The Balaban J connectivity index is 0.866. The third-order valence-electron chi connectivity index (χ3n) is 12.2. The summed E-state index contributed by atoms with van der Waals surface area (Å²) in [5.41, 5.74) is 6.40. The molecule has 2 N–H and O–H groups in total. The number of carbonyl (C=O) groups excluding carboxylic acids is 2. The number of nitrogens with one attached hydrogen (secondary N) is 2. The van der Waals surface area contributed by atoms with Crippen molar-refractivity contribution in [3.63, 3.8) is 0 Å². The van der Waals surface area contributed by atoms with E-state index in [0.717, 1.165) is 90.4 Å². The number of H-pyrrole nitrogens is 2. The van der Waals surface area contributed by atoms with Gasteiger partial charge in [-0.25, -0.2) is 9.97 Å². The van der Waals surface area contributed by atoms with Gasteiger partial charge in [-0.1, -0.05) is 69.3 Å². The van der Waals surface area contributed by atoms with E-state index >= 15 is 0 Å². The van der Waals surface area contributed by atoms with Crippen LogP contribution in [0.2, 0.25) is 0 Å². The van der Waals surface area contributed by atoms with Crippen molar-refractivity contribution in [3.05, 3.63) is 72.6 Å². The van der Waals surface area contributed by atoms with Crippen molar-refractivity contribution >= 4 is 48.0 Å². The summed E-state index contributed by atoms with van der Waals surface area (Å²) >= 11 is 8.69. The number of piperidine rings is 2. The number of hydrogen-bond donors (Lipinski definition) is 3. The van der Waals surface area contributed by atoms with Crippen molar-refractivity contribution in [2.45, 2.75) is 97.3 Å². The van der Waals surface area contributed by atoms with Crippen molar-refractivity contribution in [1.82, 2.24) is 29.7 Å². The maximum atomic E-state index is 13.5. The van der Waals surface area contributed by atoms with Crippen LogP contribution in [0.3, 0.4) is 0 Å². The molecule has 9 rings (SSSR count). The molecular weight excluding hydrogens is 681 g/mol. The minimum Gasteiger partial charge on any atom is -0.341 e. The van der Waals surface area contributed by atoms with Crippen molar-refractivity contribution in [2.75, 3.05) is 6.54 Å². The monoisotopic (exact) mass is 724 g/mol. The summed E-state index contributed by atoms with van der Waals surface area (Å²) < 4.78 is -0.110. The summed E-state index contributed by atoms with van der Waals surface area (Å²) in [6, 6.07) is 17.2. The largest absolute Gasteiger partial charge is 0.341 e. The topological polar surface area (TPSA) is 98.0 Å². The second kappa shape index (κ2) is 11.7. The molecular formula is C39H44N6O2S3. The highest BCUT2D eigenvalue weighted by atomic mass is 32.2. The first kappa shape index (κ1) is 32.7. The zero-order chi connectivity index (χ0) is 34.6. The summed E-state index contributed by atoms with van der Waals surface area (Å²) in [7, 11) is 0. The predicted octanol–water partition coefficient (Wildman–Crippen LogP) is 8.27. The van der Waals surface area contributed by atoms with Crippen LogP contribution in [0.15, 0.2) is 60.9 Å². The van der Waals surface area contributed by atoms with Crippen LogP contribution in [0, 0.1) is 11.8 Å². The molecule has 0 radical (unpaired) electrons. The summed E-state index contributed by atoms with van der Waals surface area (Å²) in [6.45, 7) is 9.49. The fraction of sp³-hybridized carbons (Fsp3) is 0.487. The number of nitrogens with zero attached hydrogens (tertiary/aromatic N) is 4. The quantitative estimate of drug-likeness (QED) is 0.131. The van der Waals surface area contributed by atoms with Crippen LogP contribution in [0.4, 0.5) is 0 Å². The Morgan fingerprint density at radius 2 is 1.54 bits per heavy atom. The molecule has 0 saturated carbocycles. The van der Waals surface area contributed by atoms with Gasteiger partial charge >= 0.3 is 0 Å². The second-order valence-electron chi connectivity index (χ2n) is 15.5. The lowest BCUT2D eigenvalue weighted by atomic mass is 9.83. The van der Waals surface area contributed by atoms with Crippen LogP contribution < -0.4 is 0 Å². The smallest absolute Gasteiger partial charge is 0.237 e. The van der Waals surface area contributed by atoms with Crippen LogP contribution in [0.1, 0.15) is 83.9 Å². The number of likely N-dealkylation sites (tertiary alicyclic amines) is 1. The third-order valence-corrected chi connectivity index (χ3v) is 16.4. The zero-order valence-electron chi connectivity index (χ0n) is 29.0. The highest BCUT2D eigenvalue weighted by Gasteiger charge is 2.69. The molecule has 8 nitrogen and oxygen atoms in total. The number of rotatable bonds is 7. The molecule has 5 aliphatic rings. The van der Waals surface area contributed by atoms with Gasteiger partial charge in [0.15, 0.2) is 0 Å².